The molecule has 0 amide bonds. The number of fused-ring (bicyclic) bond motifs is 2. The maximum Gasteiger partial charge on any atom is 0.184 e. The molecule has 0 aliphatic carbocycles. The van der Waals surface area contributed by atoms with E-state index in [2.05, 4.69) is 35.1 Å². The molecule has 0 radical (unpaired) electrons. The van der Waals surface area contributed by atoms with Crippen LogP contribution in [0.1, 0.15) is 0 Å². The zero-order valence-electron chi connectivity index (χ0n) is 16.3. The van der Waals surface area contributed by atoms with E-state index < -0.39 is 5.82 Å². The molecule has 0 bridgehead atoms. The minimum absolute atomic E-state index is 0.214. The third-order valence-electron chi connectivity index (χ3n) is 5.23. The molecule has 1 aromatic carbocycles. The molecule has 0 aliphatic heterocycles. The number of nitrogens with zero attached hydrogens (tertiary/aromatic N) is 5. The van der Waals surface area contributed by atoms with Crippen molar-refractivity contribution in [2.75, 3.05) is 0 Å². The van der Waals surface area contributed by atoms with Crippen LogP contribution in [0.2, 0.25) is 0 Å². The fourth-order valence-corrected chi connectivity index (χ4v) is 3.75. The zero-order valence-corrected chi connectivity index (χ0v) is 16.3. The minimum atomic E-state index is -0.476. The van der Waals surface area contributed by atoms with Gasteiger partial charge in [0.15, 0.2) is 11.5 Å². The molecule has 5 heterocycles. The van der Waals surface area contributed by atoms with E-state index in [0.29, 0.717) is 44.9 Å². The number of rotatable bonds is 3. The number of aromatic amines is 2. The largest absolute Gasteiger partial charge is 0.337 e. The molecule has 32 heavy (non-hydrogen) atoms. The maximum absolute atomic E-state index is 15.6. The van der Waals surface area contributed by atoms with Gasteiger partial charge in [-0.25, -0.2) is 18.7 Å². The van der Waals surface area contributed by atoms with Crippen molar-refractivity contribution in [2.24, 2.45) is 0 Å². The molecule has 7 nitrogen and oxygen atoms in total. The number of aromatic nitrogens is 7. The number of halogens is 2. The van der Waals surface area contributed by atoms with Gasteiger partial charge in [-0.1, -0.05) is 18.2 Å². The van der Waals surface area contributed by atoms with Crippen LogP contribution in [-0.2, 0) is 0 Å². The van der Waals surface area contributed by atoms with Crippen molar-refractivity contribution in [3.8, 4) is 33.9 Å². The summed E-state index contributed by atoms with van der Waals surface area (Å²) in [5.41, 5.74) is 3.82. The molecule has 0 saturated carbocycles. The Morgan fingerprint density at radius 2 is 1.78 bits per heavy atom. The molecule has 0 fully saturated rings. The molecule has 0 saturated heterocycles. The smallest absolute Gasteiger partial charge is 0.184 e. The van der Waals surface area contributed by atoms with Crippen LogP contribution in [0.25, 0.3) is 56.0 Å². The fourth-order valence-electron chi connectivity index (χ4n) is 3.75. The Labute approximate surface area is 179 Å². The number of imidazole rings is 1. The quantitative estimate of drug-likeness (QED) is 0.420. The van der Waals surface area contributed by atoms with Crippen molar-refractivity contribution < 1.29 is 8.78 Å². The molecule has 0 unspecified atom stereocenters. The van der Waals surface area contributed by atoms with E-state index in [1.165, 1.54) is 18.3 Å². The van der Waals surface area contributed by atoms with Gasteiger partial charge in [0.1, 0.15) is 22.8 Å². The fraction of sp³-hybridized carbons (Fsp3) is 0. The van der Waals surface area contributed by atoms with Crippen LogP contribution in [0.15, 0.2) is 67.3 Å². The lowest BCUT2D eigenvalue weighted by atomic mass is 10.1. The first-order valence-electron chi connectivity index (χ1n) is 9.73. The molecule has 6 rings (SSSR count). The molecule has 9 heteroatoms. The van der Waals surface area contributed by atoms with Crippen LogP contribution < -0.4 is 0 Å². The van der Waals surface area contributed by atoms with Crippen LogP contribution in [0.5, 0.6) is 0 Å². The maximum atomic E-state index is 15.6. The summed E-state index contributed by atoms with van der Waals surface area (Å²) in [5.74, 6) is -0.472. The summed E-state index contributed by atoms with van der Waals surface area (Å²) >= 11 is 0. The highest BCUT2D eigenvalue weighted by atomic mass is 19.1. The number of pyridine rings is 3. The second-order valence-electron chi connectivity index (χ2n) is 7.18. The lowest BCUT2D eigenvalue weighted by molar-refractivity contribution is 0.628. The molecule has 154 valence electrons. The van der Waals surface area contributed by atoms with Crippen LogP contribution >= 0.6 is 0 Å². The Morgan fingerprint density at radius 1 is 0.875 bits per heavy atom. The highest BCUT2D eigenvalue weighted by molar-refractivity contribution is 5.96. The van der Waals surface area contributed by atoms with Gasteiger partial charge in [0.2, 0.25) is 0 Å². The van der Waals surface area contributed by atoms with Gasteiger partial charge in [0.25, 0.3) is 0 Å². The molecule has 5 aromatic heterocycles. The third-order valence-corrected chi connectivity index (χ3v) is 5.23. The van der Waals surface area contributed by atoms with Crippen LogP contribution in [0, 0.1) is 11.6 Å². The topological polar surface area (TPSA) is 96.0 Å². The van der Waals surface area contributed by atoms with Gasteiger partial charge in [0, 0.05) is 41.5 Å². The van der Waals surface area contributed by atoms with E-state index in [1.54, 1.807) is 48.9 Å². The number of hydrogen-bond donors (Lipinski definition) is 2. The predicted molar refractivity (Wildman–Crippen MR) is 115 cm³/mol. The van der Waals surface area contributed by atoms with E-state index in [9.17, 15) is 4.39 Å². The first kappa shape index (κ1) is 18.3. The predicted octanol–water partition coefficient (Wildman–Crippen LogP) is 4.90. The zero-order chi connectivity index (χ0) is 21.7. The van der Waals surface area contributed by atoms with Crippen molar-refractivity contribution in [1.82, 2.24) is 35.1 Å². The highest BCUT2D eigenvalue weighted by Crippen LogP contribution is 2.33. The molecule has 6 aromatic rings. The SMILES string of the molecule is Fc1cccc(-c2nccc3[nH]c(-c4[nH]nc5ncc(-c6cccnc6)c(F)c45)nc23)c1. The first-order valence-corrected chi connectivity index (χ1v) is 9.73. The summed E-state index contributed by atoms with van der Waals surface area (Å²) in [4.78, 5) is 20.5. The summed E-state index contributed by atoms with van der Waals surface area (Å²) in [5, 5.41) is 7.19. The van der Waals surface area contributed by atoms with Gasteiger partial charge in [-0.15, -0.1) is 0 Å². The second-order valence-corrected chi connectivity index (χ2v) is 7.18. The van der Waals surface area contributed by atoms with Crippen LogP contribution in [-0.4, -0.2) is 35.1 Å². The Kier molecular flexibility index (Phi) is 4.00. The van der Waals surface area contributed by atoms with Gasteiger partial charge >= 0.3 is 0 Å². The number of hydrogen-bond acceptors (Lipinski definition) is 5. The second kappa shape index (κ2) is 7.02. The summed E-state index contributed by atoms with van der Waals surface area (Å²) < 4.78 is 29.3. The van der Waals surface area contributed by atoms with Crippen molar-refractivity contribution in [2.45, 2.75) is 0 Å². The third kappa shape index (κ3) is 2.83. The van der Waals surface area contributed by atoms with Crippen molar-refractivity contribution in [3.63, 3.8) is 0 Å². The summed E-state index contributed by atoms with van der Waals surface area (Å²) in [6.07, 6.45) is 6.24. The summed E-state index contributed by atoms with van der Waals surface area (Å²) in [6, 6.07) is 11.4. The minimum Gasteiger partial charge on any atom is -0.337 e. The van der Waals surface area contributed by atoms with E-state index in [4.69, 9.17) is 0 Å². The first-order chi connectivity index (χ1) is 15.7. The summed E-state index contributed by atoms with van der Waals surface area (Å²) in [7, 11) is 0. The lowest BCUT2D eigenvalue weighted by Gasteiger charge is -2.03. The standard InChI is InChI=1S/C23H13F2N7/c24-14-5-1-3-12(9-14)19-20-16(6-8-27-19)29-23(30-20)21-17-18(25)15(11-28-22(17)32-31-21)13-4-2-7-26-10-13/h1-11H,(H,29,30)(H,28,31,32). The van der Waals surface area contributed by atoms with Crippen molar-refractivity contribution in [1.29, 1.82) is 0 Å². The number of benzene rings is 1. The van der Waals surface area contributed by atoms with E-state index in [-0.39, 0.29) is 16.9 Å². The Balaban J connectivity index is 1.55. The van der Waals surface area contributed by atoms with Crippen LogP contribution in [0.3, 0.4) is 0 Å². The molecule has 2 N–H and O–H groups in total. The summed E-state index contributed by atoms with van der Waals surface area (Å²) in [6.45, 7) is 0. The monoisotopic (exact) mass is 425 g/mol. The van der Waals surface area contributed by atoms with E-state index in [1.807, 2.05) is 0 Å². The number of nitrogens with one attached hydrogen (secondary N) is 2. The van der Waals surface area contributed by atoms with Gasteiger partial charge in [-0.3, -0.25) is 15.1 Å². The normalized spacial score (nSPS) is 11.4. The van der Waals surface area contributed by atoms with Crippen molar-refractivity contribution >= 4 is 22.1 Å². The Morgan fingerprint density at radius 3 is 2.62 bits per heavy atom. The Bertz CT molecular complexity index is 1610. The molecular formula is C23H13F2N7. The van der Waals surface area contributed by atoms with Gasteiger partial charge in [-0.05, 0) is 24.3 Å². The number of H-pyrrole nitrogens is 2. The average Bonchev–Trinajstić information content (AvgIpc) is 3.44. The lowest BCUT2D eigenvalue weighted by Crippen LogP contribution is -1.91. The van der Waals surface area contributed by atoms with Crippen molar-refractivity contribution in [3.05, 3.63) is 78.9 Å². The molecule has 0 spiro atoms. The van der Waals surface area contributed by atoms with Crippen LogP contribution in [0.4, 0.5) is 8.78 Å². The molecular weight excluding hydrogens is 412 g/mol. The van der Waals surface area contributed by atoms with Gasteiger partial charge in [-0.2, -0.15) is 5.10 Å². The average molecular weight is 425 g/mol. The molecule has 0 atom stereocenters. The Hall–Kier alpha value is -4.53. The van der Waals surface area contributed by atoms with E-state index in [0.717, 1.165) is 0 Å². The highest BCUT2D eigenvalue weighted by Gasteiger charge is 2.21. The van der Waals surface area contributed by atoms with Gasteiger partial charge < -0.3 is 4.98 Å². The molecule has 0 aliphatic rings. The van der Waals surface area contributed by atoms with E-state index >= 15 is 4.39 Å². The van der Waals surface area contributed by atoms with Gasteiger partial charge in [0.05, 0.1) is 16.6 Å².